The van der Waals surface area contributed by atoms with Crippen LogP contribution in [0, 0.1) is 11.8 Å². The van der Waals surface area contributed by atoms with E-state index in [1.54, 1.807) is 0 Å². The van der Waals surface area contributed by atoms with Gasteiger partial charge >= 0.3 is 5.97 Å². The molecule has 6 heteroatoms. The third-order valence-electron chi connectivity index (χ3n) is 4.50. The number of rotatable bonds is 5. The molecule has 25 heavy (non-hydrogen) atoms. The molecular formula is C19H14O6. The van der Waals surface area contributed by atoms with Crippen molar-refractivity contribution in [2.24, 2.45) is 11.8 Å². The van der Waals surface area contributed by atoms with E-state index in [4.69, 9.17) is 5.11 Å². The highest BCUT2D eigenvalue weighted by Crippen LogP contribution is 2.28. The van der Waals surface area contributed by atoms with Crippen molar-refractivity contribution in [1.29, 1.82) is 0 Å². The summed E-state index contributed by atoms with van der Waals surface area (Å²) in [4.78, 5) is 58.4. The zero-order valence-electron chi connectivity index (χ0n) is 13.1. The van der Waals surface area contributed by atoms with Crippen LogP contribution in [-0.4, -0.2) is 34.2 Å². The van der Waals surface area contributed by atoms with E-state index in [2.05, 4.69) is 0 Å². The molecule has 3 rings (SSSR count). The molecule has 2 aromatic rings. The topological polar surface area (TPSA) is 106 Å². The molecule has 2 atom stereocenters. The number of benzene rings is 2. The van der Waals surface area contributed by atoms with Crippen LogP contribution in [0.2, 0.25) is 0 Å². The van der Waals surface area contributed by atoms with Crippen molar-refractivity contribution in [2.75, 3.05) is 0 Å². The van der Waals surface area contributed by atoms with Gasteiger partial charge in [0.2, 0.25) is 11.6 Å². The number of hydrogen-bond donors (Lipinski definition) is 1. The van der Waals surface area contributed by atoms with E-state index < -0.39 is 40.9 Å². The number of aliphatic carboxylic acids is 1. The van der Waals surface area contributed by atoms with Crippen molar-refractivity contribution in [2.45, 2.75) is 12.8 Å². The molecule has 1 aliphatic rings. The monoisotopic (exact) mass is 338 g/mol. The second-order valence-corrected chi connectivity index (χ2v) is 5.96. The number of ketones is 4. The zero-order chi connectivity index (χ0) is 18.1. The average molecular weight is 338 g/mol. The van der Waals surface area contributed by atoms with Crippen molar-refractivity contribution in [1.82, 2.24) is 0 Å². The van der Waals surface area contributed by atoms with E-state index in [1.165, 1.54) is 0 Å². The summed E-state index contributed by atoms with van der Waals surface area (Å²) in [5.41, 5.74) is 0.916. The minimum atomic E-state index is -1.98. The smallest absolute Gasteiger partial charge is 0.373 e. The molecule has 1 N–H and O–H groups in total. The lowest BCUT2D eigenvalue weighted by Crippen LogP contribution is -2.32. The van der Waals surface area contributed by atoms with Gasteiger partial charge in [0, 0.05) is 0 Å². The predicted molar refractivity (Wildman–Crippen MR) is 86.9 cm³/mol. The molecule has 1 aliphatic carbocycles. The van der Waals surface area contributed by atoms with Crippen LogP contribution >= 0.6 is 0 Å². The fourth-order valence-corrected chi connectivity index (χ4v) is 3.23. The van der Waals surface area contributed by atoms with Gasteiger partial charge in [-0.1, -0.05) is 42.5 Å². The summed E-state index contributed by atoms with van der Waals surface area (Å²) in [7, 11) is 0. The maximum Gasteiger partial charge on any atom is 0.373 e. The first-order valence-corrected chi connectivity index (χ1v) is 7.77. The summed E-state index contributed by atoms with van der Waals surface area (Å²) in [6, 6.07) is 13.3. The minimum Gasteiger partial charge on any atom is -0.475 e. The molecule has 1 saturated carbocycles. The van der Waals surface area contributed by atoms with Gasteiger partial charge in [-0.05, 0) is 29.2 Å². The van der Waals surface area contributed by atoms with Crippen LogP contribution in [-0.2, 0) is 30.4 Å². The Hall–Kier alpha value is -3.15. The van der Waals surface area contributed by atoms with Gasteiger partial charge in [0.15, 0.2) is 11.7 Å². The van der Waals surface area contributed by atoms with Crippen molar-refractivity contribution in [3.8, 4) is 0 Å². The Morgan fingerprint density at radius 2 is 1.60 bits per heavy atom. The Bertz CT molecular complexity index is 921. The van der Waals surface area contributed by atoms with E-state index in [-0.39, 0.29) is 6.42 Å². The van der Waals surface area contributed by atoms with Gasteiger partial charge in [0.25, 0.3) is 5.78 Å². The molecule has 0 aromatic heterocycles. The van der Waals surface area contributed by atoms with Gasteiger partial charge in [0.1, 0.15) is 0 Å². The first kappa shape index (κ1) is 16.7. The highest BCUT2D eigenvalue weighted by atomic mass is 16.4. The van der Waals surface area contributed by atoms with E-state index in [9.17, 15) is 24.0 Å². The summed E-state index contributed by atoms with van der Waals surface area (Å²) in [6.07, 6.45) is 0.436. The number of carbonyl (C=O) groups is 5. The number of carboxylic acid groups (broad SMARTS) is 1. The maximum absolute atomic E-state index is 12.2. The Morgan fingerprint density at radius 3 is 2.32 bits per heavy atom. The summed E-state index contributed by atoms with van der Waals surface area (Å²) >= 11 is 0. The van der Waals surface area contributed by atoms with Crippen LogP contribution in [0.4, 0.5) is 0 Å². The Balaban J connectivity index is 1.82. The number of fused-ring (bicyclic) bond motifs is 1. The molecule has 0 radical (unpaired) electrons. The summed E-state index contributed by atoms with van der Waals surface area (Å²) in [5.74, 6) is -9.72. The van der Waals surface area contributed by atoms with Crippen LogP contribution < -0.4 is 0 Å². The first-order chi connectivity index (χ1) is 11.9. The molecule has 0 spiro atoms. The van der Waals surface area contributed by atoms with Crippen molar-refractivity contribution < 1.29 is 29.1 Å². The lowest BCUT2D eigenvalue weighted by atomic mass is 9.92. The Kier molecular flexibility index (Phi) is 4.27. The third kappa shape index (κ3) is 2.87. The number of Topliss-reactive ketones (excluding diaryl/α,β-unsaturated/α-hetero) is 4. The van der Waals surface area contributed by atoms with Gasteiger partial charge in [-0.2, -0.15) is 0 Å². The van der Waals surface area contributed by atoms with Crippen molar-refractivity contribution >= 4 is 39.9 Å². The number of carboxylic acids is 1. The third-order valence-corrected chi connectivity index (χ3v) is 4.50. The zero-order valence-corrected chi connectivity index (χ0v) is 13.1. The van der Waals surface area contributed by atoms with E-state index in [1.807, 2.05) is 42.5 Å². The number of hydrogen-bond acceptors (Lipinski definition) is 5. The molecule has 2 aromatic carbocycles. The lowest BCUT2D eigenvalue weighted by molar-refractivity contribution is -0.154. The average Bonchev–Trinajstić information content (AvgIpc) is 2.81. The quantitative estimate of drug-likeness (QED) is 0.652. The normalized spacial score (nSPS) is 20.2. The highest BCUT2D eigenvalue weighted by Gasteiger charge is 2.53. The van der Waals surface area contributed by atoms with Gasteiger partial charge in [-0.3, -0.25) is 19.2 Å². The van der Waals surface area contributed by atoms with Crippen molar-refractivity contribution in [3.63, 3.8) is 0 Å². The van der Waals surface area contributed by atoms with Gasteiger partial charge in [-0.15, -0.1) is 0 Å². The second kappa shape index (κ2) is 6.39. The number of carbonyl (C=O) groups excluding carboxylic acids is 4. The molecule has 0 saturated heterocycles. The molecule has 126 valence electrons. The molecule has 0 amide bonds. The fraction of sp³-hybridized carbons (Fsp3) is 0.211. The Labute approximate surface area is 142 Å². The lowest BCUT2D eigenvalue weighted by Gasteiger charge is -2.09. The van der Waals surface area contributed by atoms with Crippen LogP contribution in [0.25, 0.3) is 10.8 Å². The van der Waals surface area contributed by atoms with Gasteiger partial charge < -0.3 is 5.11 Å². The summed E-state index contributed by atoms with van der Waals surface area (Å²) in [5, 5.41) is 10.7. The molecule has 0 aliphatic heterocycles. The summed E-state index contributed by atoms with van der Waals surface area (Å²) < 4.78 is 0. The van der Waals surface area contributed by atoms with Crippen LogP contribution in [0.5, 0.6) is 0 Å². The van der Waals surface area contributed by atoms with E-state index >= 15 is 0 Å². The summed E-state index contributed by atoms with van der Waals surface area (Å²) in [6.45, 7) is 0. The Morgan fingerprint density at radius 1 is 0.920 bits per heavy atom. The molecular weight excluding hydrogens is 324 g/mol. The minimum absolute atomic E-state index is 0.0703. The maximum atomic E-state index is 12.2. The molecule has 0 bridgehead atoms. The molecule has 0 heterocycles. The highest BCUT2D eigenvalue weighted by molar-refractivity contribution is 6.60. The standard InChI is InChI=1S/C19H14O6/c20-15-13(16(21)17(22)14(15)18(23)19(24)25)9-8-11-6-3-5-10-4-1-2-7-12(10)11/h1-7,13-14H,8-9H2,(H,24,25)/t13-,14+/m0/s1. The molecule has 6 nitrogen and oxygen atoms in total. The molecule has 0 unspecified atom stereocenters. The van der Waals surface area contributed by atoms with Gasteiger partial charge in [0.05, 0.1) is 5.92 Å². The second-order valence-electron chi connectivity index (χ2n) is 5.96. The largest absolute Gasteiger partial charge is 0.475 e. The van der Waals surface area contributed by atoms with E-state index in [0.29, 0.717) is 6.42 Å². The SMILES string of the molecule is O=C(O)C(=O)[C@H]1C(=O)C(=O)[C@@H](CCc2cccc3ccccc23)C1=O. The van der Waals surface area contributed by atoms with Crippen LogP contribution in [0.1, 0.15) is 12.0 Å². The van der Waals surface area contributed by atoms with Crippen LogP contribution in [0.3, 0.4) is 0 Å². The van der Waals surface area contributed by atoms with Crippen molar-refractivity contribution in [3.05, 3.63) is 48.0 Å². The number of aryl methyl sites for hydroxylation is 1. The van der Waals surface area contributed by atoms with Gasteiger partial charge in [-0.25, -0.2) is 4.79 Å². The fourth-order valence-electron chi connectivity index (χ4n) is 3.23. The first-order valence-electron chi connectivity index (χ1n) is 7.77. The molecule has 1 fully saturated rings. The van der Waals surface area contributed by atoms with E-state index in [0.717, 1.165) is 16.3 Å². The van der Waals surface area contributed by atoms with Crippen LogP contribution in [0.15, 0.2) is 42.5 Å². The predicted octanol–water partition coefficient (Wildman–Crippen LogP) is 1.38.